The summed E-state index contributed by atoms with van der Waals surface area (Å²) in [5.41, 5.74) is 6.10. The van der Waals surface area contributed by atoms with Crippen LogP contribution in [-0.2, 0) is 0 Å². The molecule has 3 N–H and O–H groups in total. The van der Waals surface area contributed by atoms with Crippen molar-refractivity contribution in [3.8, 4) is 5.75 Å². The van der Waals surface area contributed by atoms with E-state index in [1.54, 1.807) is 31.4 Å². The van der Waals surface area contributed by atoms with Gasteiger partial charge in [0, 0.05) is 12.1 Å². The molecule has 4 nitrogen and oxygen atoms in total. The van der Waals surface area contributed by atoms with Crippen LogP contribution in [0.15, 0.2) is 24.3 Å². The Labute approximate surface area is 95.8 Å². The molecular formula is C12H18N2O2. The predicted molar refractivity (Wildman–Crippen MR) is 63.5 cm³/mol. The van der Waals surface area contributed by atoms with Crippen LogP contribution in [0.4, 0.5) is 0 Å². The number of methoxy groups -OCH3 is 1. The minimum absolute atomic E-state index is 0.0806. The van der Waals surface area contributed by atoms with E-state index in [0.717, 1.165) is 5.75 Å². The molecule has 0 aliphatic rings. The van der Waals surface area contributed by atoms with Gasteiger partial charge < -0.3 is 15.8 Å². The second-order valence-corrected chi connectivity index (χ2v) is 3.78. The van der Waals surface area contributed by atoms with Gasteiger partial charge in [-0.25, -0.2) is 0 Å². The van der Waals surface area contributed by atoms with Crippen LogP contribution in [0.3, 0.4) is 0 Å². The molecule has 1 amide bonds. The Kier molecular flexibility index (Phi) is 4.79. The zero-order valence-corrected chi connectivity index (χ0v) is 9.69. The molecule has 0 fully saturated rings. The lowest BCUT2D eigenvalue weighted by Crippen LogP contribution is -2.31. The number of rotatable bonds is 5. The number of ether oxygens (including phenoxy) is 1. The first-order valence-electron chi connectivity index (χ1n) is 5.29. The Bertz CT molecular complexity index is 335. The number of carbonyl (C=O) groups is 1. The highest BCUT2D eigenvalue weighted by Crippen LogP contribution is 2.11. The van der Waals surface area contributed by atoms with Gasteiger partial charge >= 0.3 is 0 Å². The van der Waals surface area contributed by atoms with Gasteiger partial charge in [-0.2, -0.15) is 0 Å². The first kappa shape index (κ1) is 12.5. The van der Waals surface area contributed by atoms with Crippen molar-refractivity contribution in [2.24, 2.45) is 11.7 Å². The van der Waals surface area contributed by atoms with Crippen LogP contribution in [0.25, 0.3) is 0 Å². The van der Waals surface area contributed by atoms with Crippen molar-refractivity contribution in [3.05, 3.63) is 29.8 Å². The third-order valence-corrected chi connectivity index (χ3v) is 2.37. The second kappa shape index (κ2) is 6.12. The summed E-state index contributed by atoms with van der Waals surface area (Å²) in [5.74, 6) is 0.956. The van der Waals surface area contributed by atoms with Gasteiger partial charge in [0.15, 0.2) is 0 Å². The lowest BCUT2D eigenvalue weighted by Gasteiger charge is -2.10. The summed E-state index contributed by atoms with van der Waals surface area (Å²) in [6, 6.07) is 7.01. The van der Waals surface area contributed by atoms with Gasteiger partial charge in [-0.05, 0) is 36.7 Å². The fourth-order valence-corrected chi connectivity index (χ4v) is 1.19. The van der Waals surface area contributed by atoms with Crippen LogP contribution in [0, 0.1) is 5.92 Å². The minimum atomic E-state index is -0.0806. The van der Waals surface area contributed by atoms with Crippen LogP contribution < -0.4 is 15.8 Å². The van der Waals surface area contributed by atoms with Gasteiger partial charge in [-0.3, -0.25) is 4.79 Å². The summed E-state index contributed by atoms with van der Waals surface area (Å²) in [5, 5.41) is 2.83. The number of benzene rings is 1. The molecule has 0 heterocycles. The number of carbonyl (C=O) groups excluding carboxylic acids is 1. The summed E-state index contributed by atoms with van der Waals surface area (Å²) in [6.07, 6.45) is 0. The maximum Gasteiger partial charge on any atom is 0.251 e. The van der Waals surface area contributed by atoms with Gasteiger partial charge in [-0.15, -0.1) is 0 Å². The molecule has 1 aromatic rings. The molecule has 1 aromatic carbocycles. The first-order chi connectivity index (χ1) is 7.67. The maximum atomic E-state index is 11.7. The quantitative estimate of drug-likeness (QED) is 0.781. The minimum Gasteiger partial charge on any atom is -0.497 e. The number of nitrogens with one attached hydrogen (secondary N) is 1. The van der Waals surface area contributed by atoms with E-state index in [0.29, 0.717) is 24.6 Å². The van der Waals surface area contributed by atoms with E-state index in [2.05, 4.69) is 5.32 Å². The van der Waals surface area contributed by atoms with E-state index in [1.165, 1.54) is 0 Å². The van der Waals surface area contributed by atoms with Gasteiger partial charge in [0.2, 0.25) is 0 Å². The molecule has 0 aliphatic heterocycles. The van der Waals surface area contributed by atoms with Gasteiger partial charge in [0.05, 0.1) is 7.11 Å². The van der Waals surface area contributed by atoms with Crippen molar-refractivity contribution in [3.63, 3.8) is 0 Å². The molecule has 16 heavy (non-hydrogen) atoms. The third-order valence-electron chi connectivity index (χ3n) is 2.37. The Balaban J connectivity index is 2.52. The van der Waals surface area contributed by atoms with Crippen molar-refractivity contribution in [1.82, 2.24) is 5.32 Å². The second-order valence-electron chi connectivity index (χ2n) is 3.78. The summed E-state index contributed by atoms with van der Waals surface area (Å²) in [6.45, 7) is 3.17. The Morgan fingerprint density at radius 1 is 1.44 bits per heavy atom. The highest BCUT2D eigenvalue weighted by atomic mass is 16.5. The summed E-state index contributed by atoms with van der Waals surface area (Å²) >= 11 is 0. The molecular weight excluding hydrogens is 204 g/mol. The summed E-state index contributed by atoms with van der Waals surface area (Å²) in [7, 11) is 1.60. The van der Waals surface area contributed by atoms with Crippen LogP contribution in [-0.4, -0.2) is 26.1 Å². The summed E-state index contributed by atoms with van der Waals surface area (Å²) < 4.78 is 5.02. The zero-order valence-electron chi connectivity index (χ0n) is 9.69. The molecule has 0 bridgehead atoms. The molecule has 1 atom stereocenters. The SMILES string of the molecule is COc1ccc(C(=O)NCC(C)CN)cc1. The van der Waals surface area contributed by atoms with Crippen molar-refractivity contribution in [1.29, 1.82) is 0 Å². The zero-order chi connectivity index (χ0) is 12.0. The number of amides is 1. The fraction of sp³-hybridized carbons (Fsp3) is 0.417. The van der Waals surface area contributed by atoms with Crippen molar-refractivity contribution < 1.29 is 9.53 Å². The number of hydrogen-bond acceptors (Lipinski definition) is 3. The number of nitrogens with two attached hydrogens (primary N) is 1. The largest absolute Gasteiger partial charge is 0.497 e. The topological polar surface area (TPSA) is 64.3 Å². The van der Waals surface area contributed by atoms with Crippen LogP contribution in [0.2, 0.25) is 0 Å². The van der Waals surface area contributed by atoms with Gasteiger partial charge in [0.25, 0.3) is 5.91 Å². The summed E-state index contributed by atoms with van der Waals surface area (Å²) in [4.78, 5) is 11.7. The van der Waals surface area contributed by atoms with Gasteiger partial charge in [-0.1, -0.05) is 6.92 Å². The average Bonchev–Trinajstić information content (AvgIpc) is 2.35. The molecule has 0 aromatic heterocycles. The predicted octanol–water partition coefficient (Wildman–Crippen LogP) is 1.02. The monoisotopic (exact) mass is 222 g/mol. The van der Waals surface area contributed by atoms with Crippen LogP contribution in [0.5, 0.6) is 5.75 Å². The molecule has 0 saturated carbocycles. The van der Waals surface area contributed by atoms with E-state index in [9.17, 15) is 4.79 Å². The highest BCUT2D eigenvalue weighted by molar-refractivity contribution is 5.94. The number of hydrogen-bond donors (Lipinski definition) is 2. The fourth-order valence-electron chi connectivity index (χ4n) is 1.19. The Morgan fingerprint density at radius 2 is 2.06 bits per heavy atom. The molecule has 0 aliphatic carbocycles. The molecule has 4 heteroatoms. The molecule has 1 rings (SSSR count). The normalized spacial score (nSPS) is 11.9. The van der Waals surface area contributed by atoms with Crippen LogP contribution >= 0.6 is 0 Å². The molecule has 0 saturated heterocycles. The lowest BCUT2D eigenvalue weighted by atomic mass is 10.1. The highest BCUT2D eigenvalue weighted by Gasteiger charge is 2.06. The van der Waals surface area contributed by atoms with E-state index >= 15 is 0 Å². The Hall–Kier alpha value is -1.55. The van der Waals surface area contributed by atoms with Crippen molar-refractivity contribution in [2.45, 2.75) is 6.92 Å². The van der Waals surface area contributed by atoms with Crippen molar-refractivity contribution in [2.75, 3.05) is 20.2 Å². The lowest BCUT2D eigenvalue weighted by molar-refractivity contribution is 0.0948. The maximum absolute atomic E-state index is 11.7. The first-order valence-corrected chi connectivity index (χ1v) is 5.29. The standard InChI is InChI=1S/C12H18N2O2/c1-9(7-13)8-14-12(15)10-3-5-11(16-2)6-4-10/h3-6,9H,7-8,13H2,1-2H3,(H,14,15). The van der Waals surface area contributed by atoms with E-state index < -0.39 is 0 Å². The van der Waals surface area contributed by atoms with Gasteiger partial charge in [0.1, 0.15) is 5.75 Å². The third kappa shape index (κ3) is 3.55. The molecule has 88 valence electrons. The van der Waals surface area contributed by atoms with E-state index in [-0.39, 0.29) is 5.91 Å². The Morgan fingerprint density at radius 3 is 2.56 bits per heavy atom. The smallest absolute Gasteiger partial charge is 0.251 e. The molecule has 1 unspecified atom stereocenters. The molecule has 0 radical (unpaired) electrons. The molecule has 0 spiro atoms. The van der Waals surface area contributed by atoms with Crippen molar-refractivity contribution >= 4 is 5.91 Å². The van der Waals surface area contributed by atoms with E-state index in [4.69, 9.17) is 10.5 Å². The van der Waals surface area contributed by atoms with Crippen LogP contribution in [0.1, 0.15) is 17.3 Å². The average molecular weight is 222 g/mol. The van der Waals surface area contributed by atoms with E-state index in [1.807, 2.05) is 6.92 Å².